The minimum absolute atomic E-state index is 0. The van der Waals surface area contributed by atoms with Gasteiger partial charge in [0.25, 0.3) is 11.8 Å². The zero-order valence-corrected chi connectivity index (χ0v) is 20.4. The fraction of sp³-hybridized carbons (Fsp3) is 0.375. The van der Waals surface area contributed by atoms with Crippen LogP contribution in [-0.4, -0.2) is 70.7 Å². The van der Waals surface area contributed by atoms with Crippen molar-refractivity contribution in [1.82, 2.24) is 9.88 Å². The minimum atomic E-state index is -1.58. The zero-order chi connectivity index (χ0) is 22.0. The number of rotatable bonds is 7. The molecule has 3 heterocycles. The number of anilines is 2. The van der Waals surface area contributed by atoms with E-state index in [0.29, 0.717) is 0 Å². The van der Waals surface area contributed by atoms with Gasteiger partial charge in [0, 0.05) is 23.6 Å². The summed E-state index contributed by atoms with van der Waals surface area (Å²) in [5, 5.41) is 16.1. The molecule has 2 aliphatic heterocycles. The second-order valence-electron chi connectivity index (χ2n) is 6.04. The predicted molar refractivity (Wildman–Crippen MR) is 105 cm³/mol. The van der Waals surface area contributed by atoms with Crippen molar-refractivity contribution in [2.45, 2.75) is 18.3 Å². The van der Waals surface area contributed by atoms with E-state index in [1.807, 2.05) is 0 Å². The van der Waals surface area contributed by atoms with Crippen LogP contribution in [0.2, 0.25) is 0 Å². The number of thiazole rings is 1. The SMILES string of the molecule is CON=CC(=O)N(c1csc(N)n1)[C@@H]1C(=O)N2C(C(=O)[O-])=C(COC(C)=O)CS[C@H]12.[Na+]. The van der Waals surface area contributed by atoms with Gasteiger partial charge in [-0.1, -0.05) is 5.16 Å². The fourth-order valence-corrected chi connectivity index (χ4v) is 4.91. The number of oxime groups is 1. The molecule has 1 fully saturated rings. The zero-order valence-electron chi connectivity index (χ0n) is 16.8. The molecule has 2 amide bonds. The summed E-state index contributed by atoms with van der Waals surface area (Å²) in [6.45, 7) is 0.909. The molecule has 1 aromatic rings. The Hall–Kier alpha value is -2.13. The smallest absolute Gasteiger partial charge is 0.543 e. The van der Waals surface area contributed by atoms with E-state index >= 15 is 0 Å². The van der Waals surface area contributed by atoms with E-state index in [-0.39, 0.29) is 64.1 Å². The molecule has 31 heavy (non-hydrogen) atoms. The second kappa shape index (κ2) is 10.5. The largest absolute Gasteiger partial charge is 1.00 e. The van der Waals surface area contributed by atoms with Crippen LogP contribution >= 0.6 is 23.1 Å². The van der Waals surface area contributed by atoms with E-state index in [1.54, 1.807) is 0 Å². The van der Waals surface area contributed by atoms with Crippen molar-refractivity contribution in [3.63, 3.8) is 0 Å². The van der Waals surface area contributed by atoms with Crippen molar-refractivity contribution in [1.29, 1.82) is 0 Å². The first kappa shape index (κ1) is 25.1. The summed E-state index contributed by atoms with van der Waals surface area (Å²) in [6.07, 6.45) is 0.876. The molecule has 3 rings (SSSR count). The number of nitrogen functional groups attached to an aromatic ring is 1. The third kappa shape index (κ3) is 5.03. The Morgan fingerprint density at radius 2 is 2.19 bits per heavy atom. The molecule has 0 radical (unpaired) electrons. The monoisotopic (exact) mass is 477 g/mol. The van der Waals surface area contributed by atoms with Gasteiger partial charge < -0.3 is 25.2 Å². The van der Waals surface area contributed by atoms with Gasteiger partial charge in [0.05, 0.1) is 11.7 Å². The van der Waals surface area contributed by atoms with Gasteiger partial charge in [-0.2, -0.15) is 0 Å². The summed E-state index contributed by atoms with van der Waals surface area (Å²) >= 11 is 2.29. The van der Waals surface area contributed by atoms with Gasteiger partial charge in [-0.15, -0.1) is 23.1 Å². The van der Waals surface area contributed by atoms with Gasteiger partial charge in [0.2, 0.25) is 0 Å². The number of nitrogens with two attached hydrogens (primary N) is 1. The molecule has 0 aromatic carbocycles. The van der Waals surface area contributed by atoms with Crippen LogP contribution in [0.15, 0.2) is 21.8 Å². The summed E-state index contributed by atoms with van der Waals surface area (Å²) in [4.78, 5) is 59.1. The Morgan fingerprint density at radius 1 is 1.48 bits per heavy atom. The Balaban J connectivity index is 0.00000341. The predicted octanol–water partition coefficient (Wildman–Crippen LogP) is -4.45. The minimum Gasteiger partial charge on any atom is -0.543 e. The van der Waals surface area contributed by atoms with E-state index < -0.39 is 35.2 Å². The van der Waals surface area contributed by atoms with Gasteiger partial charge in [-0.25, -0.2) is 4.98 Å². The average molecular weight is 477 g/mol. The summed E-state index contributed by atoms with van der Waals surface area (Å²) in [5.74, 6) is -3.22. The van der Waals surface area contributed by atoms with E-state index in [9.17, 15) is 24.3 Å². The fourth-order valence-electron chi connectivity index (χ4n) is 3.00. The number of hydrogen-bond donors (Lipinski definition) is 1. The Morgan fingerprint density at radius 3 is 2.74 bits per heavy atom. The van der Waals surface area contributed by atoms with Crippen LogP contribution in [0.1, 0.15) is 6.92 Å². The first-order valence-corrected chi connectivity index (χ1v) is 10.3. The first-order valence-electron chi connectivity index (χ1n) is 8.38. The molecule has 2 aliphatic rings. The molecule has 0 aliphatic carbocycles. The van der Waals surface area contributed by atoms with Crippen molar-refractivity contribution in [3.8, 4) is 0 Å². The third-order valence-electron chi connectivity index (χ3n) is 4.20. The summed E-state index contributed by atoms with van der Waals surface area (Å²) in [5.41, 5.74) is 5.52. The van der Waals surface area contributed by atoms with Crippen LogP contribution in [0, 0.1) is 0 Å². The molecule has 0 saturated carbocycles. The normalized spacial score (nSPS) is 19.9. The van der Waals surface area contributed by atoms with Crippen molar-refractivity contribution >= 4 is 64.0 Å². The molecular formula is C16H16N5NaO7S2. The van der Waals surface area contributed by atoms with Gasteiger partial charge in [0.15, 0.2) is 5.13 Å². The Labute approximate surface area is 206 Å². The molecule has 1 aromatic heterocycles. The molecule has 12 nitrogen and oxygen atoms in total. The number of carboxylic acids is 1. The molecule has 0 spiro atoms. The van der Waals surface area contributed by atoms with Gasteiger partial charge in [0.1, 0.15) is 37.2 Å². The van der Waals surface area contributed by atoms with Crippen LogP contribution in [0.25, 0.3) is 0 Å². The van der Waals surface area contributed by atoms with Crippen LogP contribution in [0.3, 0.4) is 0 Å². The summed E-state index contributed by atoms with van der Waals surface area (Å²) in [6, 6.07) is -1.04. The molecule has 15 heteroatoms. The van der Waals surface area contributed by atoms with Gasteiger partial charge in [-0.05, 0) is 0 Å². The number of amides is 2. The topological polar surface area (TPSA) is 168 Å². The Kier molecular flexibility index (Phi) is 8.48. The van der Waals surface area contributed by atoms with Crippen molar-refractivity contribution in [2.24, 2.45) is 5.16 Å². The number of aliphatic carboxylic acids is 1. The number of carbonyl (C=O) groups excluding carboxylic acids is 4. The number of hydrogen-bond acceptors (Lipinski definition) is 12. The maximum absolute atomic E-state index is 12.9. The number of thioether (sulfide) groups is 1. The van der Waals surface area contributed by atoms with Gasteiger partial charge in [-0.3, -0.25) is 24.2 Å². The summed E-state index contributed by atoms with van der Waals surface area (Å²) in [7, 11) is 1.25. The Bertz CT molecular complexity index is 966. The standard InChI is InChI=1S/C16H17N5O7S2.Na/c1-7(22)28-4-8-5-29-14-12(13(24)21(14)11(8)15(25)26)20(10(23)3-18-27-2)9-6-30-16(17)19-9;/h3,6,12,14H,4-5H2,1-2H3,(H2,17,19)(H,25,26);/q;+1/p-1/t12-,14-;/m1./s1. The molecule has 1 saturated heterocycles. The quantitative estimate of drug-likeness (QED) is 0.133. The van der Waals surface area contributed by atoms with Crippen molar-refractivity contribution in [3.05, 3.63) is 16.7 Å². The number of ether oxygens (including phenoxy) is 1. The maximum Gasteiger partial charge on any atom is 1.00 e. The van der Waals surface area contributed by atoms with Crippen LogP contribution in [-0.2, 0) is 28.8 Å². The number of aromatic nitrogens is 1. The van der Waals surface area contributed by atoms with Crippen molar-refractivity contribution in [2.75, 3.05) is 30.1 Å². The number of carbonyl (C=O) groups is 4. The van der Waals surface area contributed by atoms with Crippen LogP contribution in [0.5, 0.6) is 0 Å². The molecule has 2 atom stereocenters. The average Bonchev–Trinajstić information content (AvgIpc) is 3.13. The summed E-state index contributed by atoms with van der Waals surface area (Å²) < 4.78 is 4.88. The third-order valence-corrected chi connectivity index (χ3v) is 6.19. The molecule has 0 unspecified atom stereocenters. The van der Waals surface area contributed by atoms with E-state index in [0.717, 1.165) is 27.4 Å². The molecular weight excluding hydrogens is 461 g/mol. The maximum atomic E-state index is 12.9. The molecule has 2 N–H and O–H groups in total. The first-order chi connectivity index (χ1) is 14.3. The number of nitrogens with zero attached hydrogens (tertiary/aromatic N) is 4. The van der Waals surface area contributed by atoms with Crippen LogP contribution in [0.4, 0.5) is 10.9 Å². The van der Waals surface area contributed by atoms with E-state index in [2.05, 4.69) is 15.0 Å². The number of esters is 1. The molecule has 160 valence electrons. The van der Waals surface area contributed by atoms with Crippen LogP contribution < -0.4 is 45.3 Å². The number of fused-ring (bicyclic) bond motifs is 1. The number of β-lactam (4-membered cyclic amide) rings is 1. The second-order valence-corrected chi connectivity index (χ2v) is 8.04. The van der Waals surface area contributed by atoms with E-state index in [4.69, 9.17) is 10.5 Å². The number of carboxylic acid groups (broad SMARTS) is 1. The van der Waals surface area contributed by atoms with Gasteiger partial charge >= 0.3 is 35.5 Å². The van der Waals surface area contributed by atoms with E-state index in [1.165, 1.54) is 31.2 Å². The molecule has 0 bridgehead atoms. The van der Waals surface area contributed by atoms with Crippen molar-refractivity contribution < 1.29 is 63.4 Å².